The molecule has 7 nitrogen and oxygen atoms in total. The first-order chi connectivity index (χ1) is 15.0. The Labute approximate surface area is 186 Å². The van der Waals surface area contributed by atoms with Crippen LogP contribution in [0, 0.1) is 25.2 Å². The monoisotopic (exact) mass is 442 g/mol. The van der Waals surface area contributed by atoms with Gasteiger partial charge < -0.3 is 18.9 Å². The van der Waals surface area contributed by atoms with Crippen molar-refractivity contribution in [1.82, 2.24) is 4.98 Å². The second-order valence-electron chi connectivity index (χ2n) is 6.86. The van der Waals surface area contributed by atoms with E-state index >= 15 is 0 Å². The quantitative estimate of drug-likeness (QED) is 0.407. The average Bonchev–Trinajstić information content (AvgIpc) is 3.11. The van der Waals surface area contributed by atoms with Crippen LogP contribution in [-0.4, -0.2) is 30.8 Å². The summed E-state index contributed by atoms with van der Waals surface area (Å²) in [6.45, 7) is 10.8. The van der Waals surface area contributed by atoms with Crippen LogP contribution in [0.3, 0.4) is 0 Å². The molecule has 31 heavy (non-hydrogen) atoms. The fourth-order valence-corrected chi connectivity index (χ4v) is 4.69. The molecule has 3 rings (SSSR count). The van der Waals surface area contributed by atoms with Crippen LogP contribution in [0.15, 0.2) is 11.1 Å². The number of pyridine rings is 1. The van der Waals surface area contributed by atoms with Crippen LogP contribution in [-0.2, 0) is 17.1 Å². The Bertz CT molecular complexity index is 1050. The number of aromatic nitrogens is 1. The molecule has 1 aromatic heterocycles. The molecule has 0 unspecified atom stereocenters. The number of carbonyl (C=O) groups excluding carboxylic acids is 1. The molecular formula is C23H26N2O5S. The smallest absolute Gasteiger partial charge is 0.339 e. The third kappa shape index (κ3) is 4.42. The highest BCUT2D eigenvalue weighted by molar-refractivity contribution is 7.98. The molecule has 0 N–H and O–H groups in total. The van der Waals surface area contributed by atoms with E-state index in [0.29, 0.717) is 70.1 Å². The zero-order chi connectivity index (χ0) is 22.5. The Morgan fingerprint density at radius 1 is 1.10 bits per heavy atom. The molecule has 0 spiro atoms. The molecule has 0 amide bonds. The molecule has 1 aliphatic heterocycles. The van der Waals surface area contributed by atoms with Crippen LogP contribution in [0.5, 0.6) is 17.2 Å². The maximum absolute atomic E-state index is 12.7. The first-order valence-electron chi connectivity index (χ1n) is 10.2. The third-order valence-corrected chi connectivity index (χ3v) is 5.76. The van der Waals surface area contributed by atoms with Gasteiger partial charge in [-0.2, -0.15) is 5.26 Å². The number of fused-ring (bicyclic) bond motifs is 1. The lowest BCUT2D eigenvalue weighted by Gasteiger charge is -2.21. The van der Waals surface area contributed by atoms with Gasteiger partial charge >= 0.3 is 5.97 Å². The number of nitriles is 1. The molecule has 0 saturated carbocycles. The van der Waals surface area contributed by atoms with E-state index < -0.39 is 5.97 Å². The van der Waals surface area contributed by atoms with Crippen LogP contribution in [0.1, 0.15) is 59.1 Å². The van der Waals surface area contributed by atoms with E-state index in [1.165, 1.54) is 11.8 Å². The molecule has 0 atom stereocenters. The van der Waals surface area contributed by atoms with Gasteiger partial charge in [-0.05, 0) is 46.2 Å². The van der Waals surface area contributed by atoms with Gasteiger partial charge in [0, 0.05) is 17.0 Å². The standard InChI is InChI=1S/C23H26N2O5S/c1-6-27-19-16-11-30-23(26)18(16)17(20(28-7-2)21(19)29-8-3)12-31-22-15(10-24)13(4)9-14(5)25-22/h9H,6-8,11-12H2,1-5H3. The second-order valence-corrected chi connectivity index (χ2v) is 7.82. The lowest BCUT2D eigenvalue weighted by Crippen LogP contribution is -2.10. The van der Waals surface area contributed by atoms with Crippen molar-refractivity contribution >= 4 is 17.7 Å². The number of benzene rings is 1. The van der Waals surface area contributed by atoms with E-state index in [1.807, 2.05) is 40.7 Å². The molecule has 8 heteroatoms. The first kappa shape index (κ1) is 22.8. The van der Waals surface area contributed by atoms with Gasteiger partial charge in [0.15, 0.2) is 11.5 Å². The summed E-state index contributed by atoms with van der Waals surface area (Å²) in [7, 11) is 0. The van der Waals surface area contributed by atoms with Crippen LogP contribution < -0.4 is 14.2 Å². The fraction of sp³-hybridized carbons (Fsp3) is 0.435. The Morgan fingerprint density at radius 3 is 2.39 bits per heavy atom. The van der Waals surface area contributed by atoms with E-state index in [9.17, 15) is 10.1 Å². The zero-order valence-electron chi connectivity index (χ0n) is 18.5. The van der Waals surface area contributed by atoms with Gasteiger partial charge in [0.05, 0.1) is 36.5 Å². The number of cyclic esters (lactones) is 1. The summed E-state index contributed by atoms with van der Waals surface area (Å²) in [5.41, 5.74) is 4.02. The summed E-state index contributed by atoms with van der Waals surface area (Å²) >= 11 is 1.39. The van der Waals surface area contributed by atoms with E-state index in [-0.39, 0.29) is 6.61 Å². The van der Waals surface area contributed by atoms with Crippen LogP contribution in [0.2, 0.25) is 0 Å². The lowest BCUT2D eigenvalue weighted by molar-refractivity contribution is 0.0533. The van der Waals surface area contributed by atoms with Gasteiger partial charge in [-0.15, -0.1) is 11.8 Å². The SMILES string of the molecule is CCOc1c2c(c(CSc3nc(C)cc(C)c3C#N)c(OCC)c1OCC)C(=O)OC2. The minimum absolute atomic E-state index is 0.124. The maximum Gasteiger partial charge on any atom is 0.339 e. The highest BCUT2D eigenvalue weighted by Crippen LogP contribution is 2.49. The second kappa shape index (κ2) is 9.92. The topological polar surface area (TPSA) is 90.7 Å². The minimum Gasteiger partial charge on any atom is -0.489 e. The number of carbonyl (C=O) groups is 1. The van der Waals surface area contributed by atoms with Gasteiger partial charge in [-0.25, -0.2) is 9.78 Å². The van der Waals surface area contributed by atoms with Crippen molar-refractivity contribution in [3.05, 3.63) is 39.6 Å². The molecule has 164 valence electrons. The first-order valence-corrected chi connectivity index (χ1v) is 11.2. The van der Waals surface area contributed by atoms with E-state index in [1.54, 1.807) is 0 Å². The van der Waals surface area contributed by atoms with E-state index in [0.717, 1.165) is 11.3 Å². The van der Waals surface area contributed by atoms with Crippen LogP contribution in [0.4, 0.5) is 0 Å². The maximum atomic E-state index is 12.7. The van der Waals surface area contributed by atoms with Crippen molar-refractivity contribution in [3.63, 3.8) is 0 Å². The Hall–Kier alpha value is -2.92. The van der Waals surface area contributed by atoms with Gasteiger partial charge in [-0.3, -0.25) is 0 Å². The molecule has 1 aliphatic rings. The summed E-state index contributed by atoms with van der Waals surface area (Å²) in [4.78, 5) is 17.2. The number of esters is 1. The number of ether oxygens (including phenoxy) is 4. The van der Waals surface area contributed by atoms with Gasteiger partial charge in [0.2, 0.25) is 5.75 Å². The van der Waals surface area contributed by atoms with Crippen molar-refractivity contribution in [2.24, 2.45) is 0 Å². The zero-order valence-corrected chi connectivity index (χ0v) is 19.3. The summed E-state index contributed by atoms with van der Waals surface area (Å²) in [5.74, 6) is 1.40. The Kier molecular flexibility index (Phi) is 7.29. The molecule has 0 fully saturated rings. The van der Waals surface area contributed by atoms with E-state index in [4.69, 9.17) is 18.9 Å². The molecular weight excluding hydrogens is 416 g/mol. The normalized spacial score (nSPS) is 12.2. The Morgan fingerprint density at radius 2 is 1.74 bits per heavy atom. The van der Waals surface area contributed by atoms with Crippen molar-refractivity contribution in [3.8, 4) is 23.3 Å². The van der Waals surface area contributed by atoms with E-state index in [2.05, 4.69) is 11.1 Å². The molecule has 0 aliphatic carbocycles. The molecule has 2 heterocycles. The number of hydrogen-bond donors (Lipinski definition) is 0. The highest BCUT2D eigenvalue weighted by Gasteiger charge is 2.35. The fourth-order valence-electron chi connectivity index (χ4n) is 3.57. The molecule has 0 bridgehead atoms. The Balaban J connectivity index is 2.16. The largest absolute Gasteiger partial charge is 0.489 e. The average molecular weight is 443 g/mol. The molecule has 0 saturated heterocycles. The van der Waals surface area contributed by atoms with Crippen molar-refractivity contribution in [1.29, 1.82) is 5.26 Å². The minimum atomic E-state index is -0.413. The van der Waals surface area contributed by atoms with Gasteiger partial charge in [0.1, 0.15) is 17.7 Å². The lowest BCUT2D eigenvalue weighted by atomic mass is 10.0. The van der Waals surface area contributed by atoms with Crippen molar-refractivity contribution in [2.75, 3.05) is 19.8 Å². The summed E-state index contributed by atoms with van der Waals surface area (Å²) in [6.07, 6.45) is 0. The summed E-state index contributed by atoms with van der Waals surface area (Å²) in [5, 5.41) is 10.2. The van der Waals surface area contributed by atoms with Crippen molar-refractivity contribution < 1.29 is 23.7 Å². The van der Waals surface area contributed by atoms with Crippen LogP contribution >= 0.6 is 11.8 Å². The summed E-state index contributed by atoms with van der Waals surface area (Å²) < 4.78 is 23.1. The molecule has 2 aromatic rings. The number of hydrogen-bond acceptors (Lipinski definition) is 8. The highest BCUT2D eigenvalue weighted by atomic mass is 32.2. The number of nitrogens with zero attached hydrogens (tertiary/aromatic N) is 2. The number of thioether (sulfide) groups is 1. The molecule has 0 radical (unpaired) electrons. The third-order valence-electron chi connectivity index (χ3n) is 4.76. The van der Waals surface area contributed by atoms with Gasteiger partial charge in [0.25, 0.3) is 0 Å². The predicted molar refractivity (Wildman–Crippen MR) is 117 cm³/mol. The number of aryl methyl sites for hydroxylation is 2. The van der Waals surface area contributed by atoms with Crippen molar-refractivity contribution in [2.45, 2.75) is 52.0 Å². The number of rotatable bonds is 9. The summed E-state index contributed by atoms with van der Waals surface area (Å²) in [6, 6.07) is 4.12. The predicted octanol–water partition coefficient (Wildman–Crippen LogP) is 4.73. The van der Waals surface area contributed by atoms with Gasteiger partial charge in [-0.1, -0.05) is 0 Å². The van der Waals surface area contributed by atoms with Crippen LogP contribution in [0.25, 0.3) is 0 Å². The molecule has 1 aromatic carbocycles.